The monoisotopic (exact) mass is 256 g/mol. The van der Waals surface area contributed by atoms with Crippen LogP contribution in [0.2, 0.25) is 0 Å². The summed E-state index contributed by atoms with van der Waals surface area (Å²) >= 11 is 4.96. The normalized spacial score (nSPS) is 18.5. The van der Waals surface area contributed by atoms with Crippen molar-refractivity contribution in [3.05, 3.63) is 0 Å². The first-order chi connectivity index (χ1) is 8.03. The zero-order valence-corrected chi connectivity index (χ0v) is 11.7. The summed E-state index contributed by atoms with van der Waals surface area (Å²) in [6.45, 7) is 4.25. The molecule has 1 aliphatic rings. The molecule has 1 atom stereocenters. The molecule has 1 rings (SSSR count). The van der Waals surface area contributed by atoms with Gasteiger partial charge in [-0.2, -0.15) is 0 Å². The molecule has 1 unspecified atom stereocenters. The van der Waals surface area contributed by atoms with E-state index in [9.17, 15) is 4.79 Å². The van der Waals surface area contributed by atoms with Crippen LogP contribution in [0.5, 0.6) is 0 Å². The summed E-state index contributed by atoms with van der Waals surface area (Å²) in [6, 6.07) is 0.228. The SMILES string of the molecule is CCCCCCC(C)NC(=O)C1(C(N)=S)CC1. The Morgan fingerprint density at radius 1 is 1.41 bits per heavy atom. The number of nitrogens with two attached hydrogens (primary N) is 1. The molecular formula is C13H24N2OS. The largest absolute Gasteiger partial charge is 0.392 e. The van der Waals surface area contributed by atoms with Gasteiger partial charge in [-0.3, -0.25) is 4.79 Å². The van der Waals surface area contributed by atoms with Crippen molar-refractivity contribution >= 4 is 23.1 Å². The summed E-state index contributed by atoms with van der Waals surface area (Å²) in [7, 11) is 0. The lowest BCUT2D eigenvalue weighted by molar-refractivity contribution is -0.124. The molecular weight excluding hydrogens is 232 g/mol. The molecule has 0 spiro atoms. The van der Waals surface area contributed by atoms with Crippen LogP contribution in [-0.4, -0.2) is 16.9 Å². The van der Waals surface area contributed by atoms with Gasteiger partial charge in [0.2, 0.25) is 5.91 Å². The molecule has 0 aliphatic heterocycles. The highest BCUT2D eigenvalue weighted by Gasteiger charge is 2.52. The molecule has 1 aliphatic carbocycles. The third-order valence-corrected chi connectivity index (χ3v) is 3.92. The van der Waals surface area contributed by atoms with Gasteiger partial charge in [-0.05, 0) is 26.2 Å². The van der Waals surface area contributed by atoms with Crippen LogP contribution < -0.4 is 11.1 Å². The third-order valence-electron chi connectivity index (χ3n) is 3.52. The molecule has 1 amide bonds. The summed E-state index contributed by atoms with van der Waals surface area (Å²) in [5, 5.41) is 3.03. The average Bonchev–Trinajstić information content (AvgIpc) is 3.05. The molecule has 1 fully saturated rings. The summed E-state index contributed by atoms with van der Waals surface area (Å²) in [5.74, 6) is 0.0352. The molecule has 0 aromatic rings. The van der Waals surface area contributed by atoms with Crippen molar-refractivity contribution < 1.29 is 4.79 Å². The predicted octanol–water partition coefficient (Wildman–Crippen LogP) is 2.53. The van der Waals surface area contributed by atoms with E-state index in [4.69, 9.17) is 18.0 Å². The average molecular weight is 256 g/mol. The van der Waals surface area contributed by atoms with Gasteiger partial charge in [0.1, 0.15) is 0 Å². The summed E-state index contributed by atoms with van der Waals surface area (Å²) in [6.07, 6.45) is 7.61. The smallest absolute Gasteiger partial charge is 0.233 e. The minimum absolute atomic E-state index is 0.0352. The Morgan fingerprint density at radius 3 is 2.53 bits per heavy atom. The second-order valence-corrected chi connectivity index (χ2v) is 5.61. The van der Waals surface area contributed by atoms with Crippen LogP contribution in [0.15, 0.2) is 0 Å². The predicted molar refractivity (Wildman–Crippen MR) is 74.8 cm³/mol. The zero-order valence-electron chi connectivity index (χ0n) is 10.9. The van der Waals surface area contributed by atoms with E-state index in [-0.39, 0.29) is 11.9 Å². The fourth-order valence-electron chi connectivity index (χ4n) is 2.02. The van der Waals surface area contributed by atoms with Gasteiger partial charge in [0.05, 0.1) is 10.4 Å². The second-order valence-electron chi connectivity index (χ2n) is 5.17. The number of carbonyl (C=O) groups is 1. The number of rotatable bonds is 8. The van der Waals surface area contributed by atoms with Crippen molar-refractivity contribution in [2.45, 2.75) is 64.8 Å². The van der Waals surface area contributed by atoms with Crippen molar-refractivity contribution in [1.29, 1.82) is 0 Å². The highest BCUT2D eigenvalue weighted by molar-refractivity contribution is 7.80. The van der Waals surface area contributed by atoms with E-state index in [1.807, 2.05) is 0 Å². The van der Waals surface area contributed by atoms with Crippen LogP contribution >= 0.6 is 12.2 Å². The van der Waals surface area contributed by atoms with Crippen LogP contribution in [0.25, 0.3) is 0 Å². The molecule has 3 N–H and O–H groups in total. The number of unbranched alkanes of at least 4 members (excludes halogenated alkanes) is 3. The molecule has 1 saturated carbocycles. The van der Waals surface area contributed by atoms with Crippen LogP contribution in [-0.2, 0) is 4.79 Å². The lowest BCUT2D eigenvalue weighted by atomic mass is 10.0. The highest BCUT2D eigenvalue weighted by Crippen LogP contribution is 2.46. The van der Waals surface area contributed by atoms with E-state index >= 15 is 0 Å². The maximum atomic E-state index is 12.0. The first-order valence-corrected chi connectivity index (χ1v) is 7.04. The van der Waals surface area contributed by atoms with Gasteiger partial charge in [-0.15, -0.1) is 0 Å². The second kappa shape index (κ2) is 6.34. The van der Waals surface area contributed by atoms with Gasteiger partial charge < -0.3 is 11.1 Å². The van der Waals surface area contributed by atoms with E-state index in [2.05, 4.69) is 19.2 Å². The van der Waals surface area contributed by atoms with E-state index in [1.54, 1.807) is 0 Å². The molecule has 0 radical (unpaired) electrons. The number of thiocarbonyl (C=S) groups is 1. The maximum Gasteiger partial charge on any atom is 0.233 e. The van der Waals surface area contributed by atoms with Gasteiger partial charge in [0.25, 0.3) is 0 Å². The number of amides is 1. The molecule has 0 aromatic heterocycles. The molecule has 17 heavy (non-hydrogen) atoms. The molecule has 0 bridgehead atoms. The molecule has 0 saturated heterocycles. The van der Waals surface area contributed by atoms with Crippen LogP contribution in [0.3, 0.4) is 0 Å². The third kappa shape index (κ3) is 3.95. The van der Waals surface area contributed by atoms with E-state index in [1.165, 1.54) is 25.7 Å². The fraction of sp³-hybridized carbons (Fsp3) is 0.846. The van der Waals surface area contributed by atoms with Crippen molar-refractivity contribution in [2.24, 2.45) is 11.1 Å². The Labute approximate surface area is 110 Å². The maximum absolute atomic E-state index is 12.0. The van der Waals surface area contributed by atoms with Crippen LogP contribution in [0.1, 0.15) is 58.8 Å². The number of hydrogen-bond acceptors (Lipinski definition) is 2. The lowest BCUT2D eigenvalue weighted by Gasteiger charge is -2.18. The quantitative estimate of drug-likeness (QED) is 0.518. The Hall–Kier alpha value is -0.640. The van der Waals surface area contributed by atoms with Crippen LogP contribution in [0, 0.1) is 5.41 Å². The van der Waals surface area contributed by atoms with Crippen molar-refractivity contribution in [2.75, 3.05) is 0 Å². The van der Waals surface area contributed by atoms with Gasteiger partial charge >= 0.3 is 0 Å². The molecule has 0 aromatic carbocycles. The minimum atomic E-state index is -0.507. The standard InChI is InChI=1S/C13H24N2OS/c1-3-4-5-6-7-10(2)15-12(16)13(8-9-13)11(14)17/h10H,3-9H2,1-2H3,(H2,14,17)(H,15,16). The van der Waals surface area contributed by atoms with Gasteiger partial charge in [-0.25, -0.2) is 0 Å². The Balaban J connectivity index is 2.24. The Bertz CT molecular complexity index is 287. The fourth-order valence-corrected chi connectivity index (χ4v) is 2.32. The molecule has 3 nitrogen and oxygen atoms in total. The van der Waals surface area contributed by atoms with Crippen LogP contribution in [0.4, 0.5) is 0 Å². The van der Waals surface area contributed by atoms with Gasteiger partial charge in [0.15, 0.2) is 0 Å². The number of hydrogen-bond donors (Lipinski definition) is 2. The first kappa shape index (κ1) is 14.4. The van der Waals surface area contributed by atoms with E-state index < -0.39 is 5.41 Å². The van der Waals surface area contributed by atoms with E-state index in [0.717, 1.165) is 19.3 Å². The van der Waals surface area contributed by atoms with Gasteiger partial charge in [-0.1, -0.05) is 44.8 Å². The van der Waals surface area contributed by atoms with Crippen molar-refractivity contribution in [3.8, 4) is 0 Å². The number of nitrogens with one attached hydrogen (secondary N) is 1. The molecule has 98 valence electrons. The molecule has 0 heterocycles. The van der Waals surface area contributed by atoms with Crippen molar-refractivity contribution in [3.63, 3.8) is 0 Å². The zero-order chi connectivity index (χ0) is 12.9. The van der Waals surface area contributed by atoms with E-state index in [0.29, 0.717) is 4.99 Å². The van der Waals surface area contributed by atoms with Gasteiger partial charge in [0, 0.05) is 6.04 Å². The van der Waals surface area contributed by atoms with Crippen molar-refractivity contribution in [1.82, 2.24) is 5.32 Å². The minimum Gasteiger partial charge on any atom is -0.392 e. The summed E-state index contributed by atoms with van der Waals surface area (Å²) < 4.78 is 0. The first-order valence-electron chi connectivity index (χ1n) is 6.64. The topological polar surface area (TPSA) is 55.1 Å². The highest BCUT2D eigenvalue weighted by atomic mass is 32.1. The Kier molecular flexibility index (Phi) is 5.37. The Morgan fingerprint density at radius 2 is 2.06 bits per heavy atom. The number of carbonyl (C=O) groups excluding carboxylic acids is 1. The summed E-state index contributed by atoms with van der Waals surface area (Å²) in [5.41, 5.74) is 5.11. The molecule has 4 heteroatoms. The summed E-state index contributed by atoms with van der Waals surface area (Å²) in [4.78, 5) is 12.3. The lowest BCUT2D eigenvalue weighted by Crippen LogP contribution is -2.43.